The number of hydrogen-bond donors (Lipinski definition) is 2. The number of rotatable bonds is 7. The maximum absolute atomic E-state index is 12.3. The van der Waals surface area contributed by atoms with Crippen molar-refractivity contribution in [2.45, 2.75) is 199 Å². The first-order valence-corrected chi connectivity index (χ1v) is 33.8. The van der Waals surface area contributed by atoms with Gasteiger partial charge in [-0.3, -0.25) is 4.79 Å². The van der Waals surface area contributed by atoms with E-state index in [1.54, 1.807) is 27.4 Å². The Morgan fingerprint density at radius 3 is 1.43 bits per heavy atom. The minimum atomic E-state index is -0.440. The van der Waals surface area contributed by atoms with Gasteiger partial charge in [0.2, 0.25) is 0 Å². The molecule has 2 aromatic heterocycles. The maximum Gasteiger partial charge on any atom is 0.410 e. The summed E-state index contributed by atoms with van der Waals surface area (Å²) in [6, 6.07) is 20.1. The van der Waals surface area contributed by atoms with Gasteiger partial charge in [0.05, 0.1) is 31.7 Å². The number of Topliss-reactive ketones (excluding diaryl/α,β-unsaturated/α-hetero) is 1. The van der Waals surface area contributed by atoms with Crippen molar-refractivity contribution < 1.29 is 23.9 Å². The van der Waals surface area contributed by atoms with Crippen LogP contribution in [0.15, 0.2) is 65.4 Å². The quantitative estimate of drug-likeness (QED) is 0.0919. The Morgan fingerprint density at radius 1 is 0.610 bits per heavy atom. The third-order valence-electron chi connectivity index (χ3n) is 17.1. The second-order valence-corrected chi connectivity index (χ2v) is 28.5. The number of piperidine rings is 3. The monoisotopic (exact) mass is 1230 g/mol. The normalized spacial score (nSPS) is 20.4. The minimum absolute atomic E-state index is 0.176. The van der Waals surface area contributed by atoms with Gasteiger partial charge in [0.1, 0.15) is 11.2 Å². The van der Waals surface area contributed by atoms with Crippen molar-refractivity contribution in [3.63, 3.8) is 0 Å². The van der Waals surface area contributed by atoms with Crippen molar-refractivity contribution in [1.82, 2.24) is 25.1 Å². The molecule has 11 nitrogen and oxygen atoms in total. The third-order valence-corrected chi connectivity index (χ3v) is 19.9. The van der Waals surface area contributed by atoms with Crippen molar-refractivity contribution in [3.8, 4) is 22.5 Å². The molecule has 3 saturated heterocycles. The summed E-state index contributed by atoms with van der Waals surface area (Å²) in [5, 5.41) is 10.9. The van der Waals surface area contributed by atoms with Gasteiger partial charge in [-0.15, -0.1) is 22.7 Å². The highest BCUT2D eigenvalue weighted by Gasteiger charge is 2.31. The van der Waals surface area contributed by atoms with Gasteiger partial charge in [0, 0.05) is 71.4 Å². The van der Waals surface area contributed by atoms with Crippen LogP contribution in [0.1, 0.15) is 223 Å². The lowest BCUT2D eigenvalue weighted by Crippen LogP contribution is -2.43. The summed E-state index contributed by atoms with van der Waals surface area (Å²) in [5.41, 5.74) is 19.3. The lowest BCUT2D eigenvalue weighted by molar-refractivity contribution is 0.0193. The molecule has 3 N–H and O–H groups in total. The van der Waals surface area contributed by atoms with Crippen LogP contribution in [-0.4, -0.2) is 98.5 Å². The molecule has 6 aliphatic rings. The van der Waals surface area contributed by atoms with Crippen LogP contribution in [0.5, 0.6) is 0 Å². The minimum Gasteiger partial charge on any atom is -0.444 e. The lowest BCUT2D eigenvalue weighted by Gasteiger charge is -2.33. The number of likely N-dealkylation sites (tertiary alicyclic amines) is 2. The summed E-state index contributed by atoms with van der Waals surface area (Å²) in [7, 11) is 0. The second kappa shape index (κ2) is 29.0. The summed E-state index contributed by atoms with van der Waals surface area (Å²) in [4.78, 5) is 49.6. The van der Waals surface area contributed by atoms with E-state index in [-0.39, 0.29) is 23.9 Å². The first-order valence-electron chi connectivity index (χ1n) is 30.5. The molecule has 0 saturated carbocycles. The molecule has 3 unspecified atom stereocenters. The molecule has 3 aliphatic carbocycles. The van der Waals surface area contributed by atoms with Gasteiger partial charge in [-0.25, -0.2) is 19.6 Å². The van der Waals surface area contributed by atoms with E-state index in [0.29, 0.717) is 53.0 Å². The van der Waals surface area contributed by atoms with E-state index in [4.69, 9.17) is 37.4 Å². The average molecular weight is 1240 g/mol. The number of ketones is 1. The van der Waals surface area contributed by atoms with Crippen LogP contribution in [-0.2, 0) is 28.7 Å². The van der Waals surface area contributed by atoms with E-state index in [9.17, 15) is 14.4 Å². The molecule has 82 heavy (non-hydrogen) atoms. The van der Waals surface area contributed by atoms with Gasteiger partial charge in [0.15, 0.2) is 5.78 Å². The largest absolute Gasteiger partial charge is 0.444 e. The number of amides is 2. The van der Waals surface area contributed by atoms with E-state index in [1.807, 2.05) is 63.8 Å². The number of nitrogens with one attached hydrogen (secondary N) is 1. The predicted molar refractivity (Wildman–Crippen MR) is 346 cm³/mol. The van der Waals surface area contributed by atoms with Gasteiger partial charge in [-0.2, -0.15) is 0 Å². The van der Waals surface area contributed by atoms with Crippen LogP contribution in [0, 0.1) is 5.92 Å². The zero-order valence-corrected chi connectivity index (χ0v) is 54.4. The van der Waals surface area contributed by atoms with E-state index in [0.717, 1.165) is 63.1 Å². The van der Waals surface area contributed by atoms with Crippen molar-refractivity contribution in [1.29, 1.82) is 0 Å². The first-order chi connectivity index (χ1) is 39.1. The van der Waals surface area contributed by atoms with Crippen LogP contribution in [0.25, 0.3) is 22.5 Å². The molecule has 3 fully saturated rings. The van der Waals surface area contributed by atoms with Crippen LogP contribution in [0.2, 0.25) is 0 Å². The summed E-state index contributed by atoms with van der Waals surface area (Å²) in [6.07, 6.45) is 17.0. The summed E-state index contributed by atoms with van der Waals surface area (Å²) >= 11 is 11.8. The molecule has 2 amide bonds. The Morgan fingerprint density at radius 2 is 1.01 bits per heavy atom. The topological polar surface area (TPSA) is 140 Å². The highest BCUT2D eigenvalue weighted by atomic mass is 79.9. The fraction of sp³-hybridized carbons (Fsp3) is 0.582. The fourth-order valence-corrected chi connectivity index (χ4v) is 14.8. The molecule has 15 heteroatoms. The lowest BCUT2D eigenvalue weighted by atomic mass is 9.83. The zero-order valence-electron chi connectivity index (χ0n) is 50.4. The smallest absolute Gasteiger partial charge is 0.410 e. The van der Waals surface area contributed by atoms with Crippen molar-refractivity contribution >= 4 is 73.8 Å². The number of carbonyl (C=O) groups is 3. The molecule has 0 spiro atoms. The number of hydrogen-bond acceptors (Lipinski definition) is 11. The molecule has 3 atom stereocenters. The Kier molecular flexibility index (Phi) is 22.5. The van der Waals surface area contributed by atoms with Crippen LogP contribution >= 0.6 is 50.8 Å². The molecule has 3 aromatic carbocycles. The Hall–Kier alpha value is -4.54. The molecule has 3 aliphatic heterocycles. The molecule has 5 heterocycles. The number of aromatic nitrogens is 2. The third kappa shape index (κ3) is 17.5. The standard InChI is InChI=1S/C24H32N2O2S.C19H24N2S.C13H15BrO.C11H20N2O2S/c1-16-6-5-7-17-8-9-19(14-20(16)17)21-15-29-22(25-21)18-10-12-26(13-11-18)23(27)28-24(2,3)4;1-13-3-2-4-14-5-6-16(11-17(13)14)18-12-22-19(21-18)15-7-9-20-10-8-15;1-9-3-2-4-10-5-6-11(7-12(9)10)13(15)8-14;1-11(2,3)15-10(14)13-6-4-8(5-7-13)9(12)16/h8-9,14-16,18H,5-7,10-13H2,1-4H3;5-6,11-13,15,20H,2-4,7-10H2,1H3;5-7,9H,2-4,8H2,1H3;8H,4-7H2,1-3H3,(H2,12,16). The Balaban J connectivity index is 0.000000148. The SMILES string of the molecule is CC(C)(C)OC(=O)N1CCC(C(N)=S)CC1.CC1CCCc2ccc(-c3csc(C4CCN(C(=O)OC(C)(C)C)CC4)n3)cc21.CC1CCCc2ccc(-c3csc(C4CCNCC4)n3)cc21.CC1CCCc2ccc(C(=O)CBr)cc21. The number of halogens is 1. The van der Waals surface area contributed by atoms with Gasteiger partial charge in [0.25, 0.3) is 0 Å². The number of nitrogens with zero attached hydrogens (tertiary/aromatic N) is 4. The number of nitrogens with two attached hydrogens (primary N) is 1. The van der Waals surface area contributed by atoms with Gasteiger partial charge in [-0.05, 0) is 220 Å². The molecule has 5 aromatic rings. The molecule has 0 bridgehead atoms. The van der Waals surface area contributed by atoms with E-state index >= 15 is 0 Å². The number of thiocarbonyl (C=S) groups is 1. The molecular weight excluding hydrogens is 1140 g/mol. The van der Waals surface area contributed by atoms with Crippen molar-refractivity contribution in [3.05, 3.63) is 114 Å². The predicted octanol–water partition coefficient (Wildman–Crippen LogP) is 16.7. The average Bonchev–Trinajstić information content (AvgIpc) is 4.19. The summed E-state index contributed by atoms with van der Waals surface area (Å²) in [6.45, 7) is 23.4. The van der Waals surface area contributed by atoms with E-state index < -0.39 is 11.2 Å². The maximum atomic E-state index is 12.3. The summed E-state index contributed by atoms with van der Waals surface area (Å²) in [5.74, 6) is 3.50. The van der Waals surface area contributed by atoms with Crippen LogP contribution in [0.4, 0.5) is 9.59 Å². The molecular formula is C67H91BrN6O5S3. The van der Waals surface area contributed by atoms with Crippen LogP contribution < -0.4 is 11.1 Å². The number of ether oxygens (including phenoxy) is 2. The van der Waals surface area contributed by atoms with Crippen LogP contribution in [0.3, 0.4) is 0 Å². The number of aryl methyl sites for hydroxylation is 3. The van der Waals surface area contributed by atoms with E-state index in [2.05, 4.69) is 101 Å². The van der Waals surface area contributed by atoms with Crippen molar-refractivity contribution in [2.24, 2.45) is 11.7 Å². The first kappa shape index (κ1) is 63.5. The highest BCUT2D eigenvalue weighted by Crippen LogP contribution is 2.39. The van der Waals surface area contributed by atoms with E-state index in [1.165, 1.54) is 120 Å². The molecule has 444 valence electrons. The molecule has 0 radical (unpaired) electrons. The number of alkyl halides is 1. The number of carbonyl (C=O) groups excluding carboxylic acids is 3. The van der Waals surface area contributed by atoms with Gasteiger partial charge >= 0.3 is 12.2 Å². The number of fused-ring (bicyclic) bond motifs is 3. The highest BCUT2D eigenvalue weighted by molar-refractivity contribution is 9.09. The Labute approximate surface area is 511 Å². The summed E-state index contributed by atoms with van der Waals surface area (Å²) < 4.78 is 10.8. The molecule has 11 rings (SSSR count). The number of thiazole rings is 2. The van der Waals surface area contributed by atoms with Crippen molar-refractivity contribution in [2.75, 3.05) is 44.6 Å². The van der Waals surface area contributed by atoms with Gasteiger partial charge in [-0.1, -0.05) is 85.3 Å². The number of benzene rings is 3. The zero-order chi connectivity index (χ0) is 58.7. The Bertz CT molecular complexity index is 2960. The fourth-order valence-electron chi connectivity index (χ4n) is 12.3. The second-order valence-electron chi connectivity index (χ2n) is 25.7. The van der Waals surface area contributed by atoms with Gasteiger partial charge < -0.3 is 30.3 Å².